The third-order valence-electron chi connectivity index (χ3n) is 7.08. The number of methoxy groups -OCH3 is 2. The van der Waals surface area contributed by atoms with Gasteiger partial charge in [-0.25, -0.2) is 4.79 Å². The number of rotatable bonds is 14. The minimum absolute atomic E-state index is 0.0322. The highest BCUT2D eigenvalue weighted by molar-refractivity contribution is 6.46. The van der Waals surface area contributed by atoms with Gasteiger partial charge in [-0.1, -0.05) is 38.8 Å². The second-order valence-electron chi connectivity index (χ2n) is 9.74. The smallest absolute Gasteiger partial charge is 0.337 e. The van der Waals surface area contributed by atoms with Crippen molar-refractivity contribution in [2.24, 2.45) is 0 Å². The third kappa shape index (κ3) is 7.26. The van der Waals surface area contributed by atoms with Crippen LogP contribution < -0.4 is 4.74 Å². The number of Topliss-reactive ketones (excluding diaryl/α,β-unsaturated/α-hetero) is 1. The minimum Gasteiger partial charge on any atom is -0.507 e. The SMILES string of the molecule is CCCCN(CCCC)CCCN1C(=O)C(=O)C(=C(O)c2ccc(OC)cc2)[C@H]1c1ccc(C(=O)OC)cc1. The molecule has 2 aromatic carbocycles. The van der Waals surface area contributed by atoms with Crippen LogP contribution in [0.3, 0.4) is 0 Å². The first kappa shape index (κ1) is 29.9. The predicted octanol–water partition coefficient (Wildman–Crippen LogP) is 5.20. The molecule has 0 aliphatic carbocycles. The first-order chi connectivity index (χ1) is 18.9. The van der Waals surface area contributed by atoms with E-state index >= 15 is 0 Å². The van der Waals surface area contributed by atoms with Crippen molar-refractivity contribution in [3.8, 4) is 5.75 Å². The summed E-state index contributed by atoms with van der Waals surface area (Å²) in [4.78, 5) is 42.6. The molecular formula is C31H40N2O6. The lowest BCUT2D eigenvalue weighted by atomic mass is 9.94. The van der Waals surface area contributed by atoms with Crippen LogP contribution in [-0.2, 0) is 14.3 Å². The number of aliphatic hydroxyl groups excluding tert-OH is 1. The van der Waals surface area contributed by atoms with Crippen LogP contribution in [0.4, 0.5) is 0 Å². The van der Waals surface area contributed by atoms with Crippen LogP contribution >= 0.6 is 0 Å². The van der Waals surface area contributed by atoms with Gasteiger partial charge in [0.2, 0.25) is 0 Å². The molecule has 2 aromatic rings. The third-order valence-corrected chi connectivity index (χ3v) is 7.08. The van der Waals surface area contributed by atoms with Crippen molar-refractivity contribution in [1.29, 1.82) is 0 Å². The Balaban J connectivity index is 1.95. The van der Waals surface area contributed by atoms with Crippen LogP contribution in [0.5, 0.6) is 5.75 Å². The number of carbonyl (C=O) groups is 3. The molecule has 1 saturated heterocycles. The Morgan fingerprint density at radius 1 is 0.872 bits per heavy atom. The maximum atomic E-state index is 13.3. The van der Waals surface area contributed by atoms with Gasteiger partial charge < -0.3 is 24.4 Å². The van der Waals surface area contributed by atoms with E-state index in [0.29, 0.717) is 35.4 Å². The van der Waals surface area contributed by atoms with Crippen molar-refractivity contribution in [2.45, 2.75) is 52.0 Å². The topological polar surface area (TPSA) is 96.4 Å². The number of hydrogen-bond acceptors (Lipinski definition) is 7. The lowest BCUT2D eigenvalue weighted by molar-refractivity contribution is -0.140. The summed E-state index contributed by atoms with van der Waals surface area (Å²) in [5.41, 5.74) is 1.43. The number of benzene rings is 2. The second-order valence-corrected chi connectivity index (χ2v) is 9.74. The maximum Gasteiger partial charge on any atom is 0.337 e. The molecule has 8 nitrogen and oxygen atoms in total. The van der Waals surface area contributed by atoms with Gasteiger partial charge in [0.05, 0.1) is 31.4 Å². The summed E-state index contributed by atoms with van der Waals surface area (Å²) < 4.78 is 10.0. The van der Waals surface area contributed by atoms with E-state index in [9.17, 15) is 19.5 Å². The van der Waals surface area contributed by atoms with E-state index in [4.69, 9.17) is 9.47 Å². The van der Waals surface area contributed by atoms with Gasteiger partial charge in [0.1, 0.15) is 11.5 Å². The number of esters is 1. The first-order valence-corrected chi connectivity index (χ1v) is 13.7. The Morgan fingerprint density at radius 2 is 1.44 bits per heavy atom. The van der Waals surface area contributed by atoms with Crippen LogP contribution in [0.15, 0.2) is 54.1 Å². The monoisotopic (exact) mass is 536 g/mol. The van der Waals surface area contributed by atoms with E-state index in [0.717, 1.165) is 45.3 Å². The van der Waals surface area contributed by atoms with Crippen LogP contribution in [0.25, 0.3) is 5.76 Å². The largest absolute Gasteiger partial charge is 0.507 e. The number of hydrogen-bond donors (Lipinski definition) is 1. The van der Waals surface area contributed by atoms with Crippen molar-refractivity contribution in [3.63, 3.8) is 0 Å². The summed E-state index contributed by atoms with van der Waals surface area (Å²) in [7, 11) is 2.86. The highest BCUT2D eigenvalue weighted by Crippen LogP contribution is 2.39. The lowest BCUT2D eigenvalue weighted by Crippen LogP contribution is -2.34. The molecule has 0 aromatic heterocycles. The van der Waals surface area contributed by atoms with E-state index in [1.54, 1.807) is 60.5 Å². The van der Waals surface area contributed by atoms with Gasteiger partial charge in [-0.05, 0) is 80.9 Å². The number of nitrogens with zero attached hydrogens (tertiary/aromatic N) is 2. The maximum absolute atomic E-state index is 13.3. The normalized spacial score (nSPS) is 16.6. The second kappa shape index (κ2) is 14.5. The number of carbonyl (C=O) groups excluding carboxylic acids is 3. The van der Waals surface area contributed by atoms with E-state index < -0.39 is 23.7 Å². The molecule has 1 fully saturated rings. The summed E-state index contributed by atoms with van der Waals surface area (Å²) in [6, 6.07) is 12.5. The van der Waals surface area contributed by atoms with Gasteiger partial charge >= 0.3 is 5.97 Å². The van der Waals surface area contributed by atoms with E-state index in [1.807, 2.05) is 0 Å². The molecule has 0 spiro atoms. The molecule has 0 radical (unpaired) electrons. The average Bonchev–Trinajstić information content (AvgIpc) is 3.22. The Bertz CT molecular complexity index is 1150. The van der Waals surface area contributed by atoms with Gasteiger partial charge in [0.25, 0.3) is 11.7 Å². The van der Waals surface area contributed by atoms with Crippen molar-refractivity contribution >= 4 is 23.4 Å². The number of ether oxygens (including phenoxy) is 2. The molecule has 0 bridgehead atoms. The molecule has 1 aliphatic heterocycles. The molecule has 0 unspecified atom stereocenters. The molecule has 210 valence electrons. The number of ketones is 1. The van der Waals surface area contributed by atoms with Crippen molar-refractivity contribution in [3.05, 3.63) is 70.8 Å². The number of unbranched alkanes of at least 4 members (excludes halogenated alkanes) is 2. The molecule has 8 heteroatoms. The molecule has 3 rings (SSSR count). The number of aliphatic hydroxyl groups is 1. The zero-order chi connectivity index (χ0) is 28.4. The van der Waals surface area contributed by atoms with Crippen molar-refractivity contribution < 1.29 is 29.0 Å². The summed E-state index contributed by atoms with van der Waals surface area (Å²) in [5, 5.41) is 11.3. The Labute approximate surface area is 231 Å². The molecule has 1 amide bonds. The predicted molar refractivity (Wildman–Crippen MR) is 151 cm³/mol. The molecule has 0 saturated carbocycles. The fourth-order valence-electron chi connectivity index (χ4n) is 4.84. The van der Waals surface area contributed by atoms with Gasteiger partial charge in [0.15, 0.2) is 0 Å². The standard InChI is InChI=1S/C31H40N2O6/c1-5-7-18-32(19-8-6-2)20-9-21-33-27(22-10-12-24(13-11-22)31(37)39-4)26(29(35)30(33)36)28(34)23-14-16-25(38-3)17-15-23/h10-17,27,34H,5-9,18-21H2,1-4H3/t27-/m1/s1. The summed E-state index contributed by atoms with van der Waals surface area (Å²) >= 11 is 0. The molecule has 1 atom stereocenters. The van der Waals surface area contributed by atoms with E-state index in [2.05, 4.69) is 18.7 Å². The fraction of sp³-hybridized carbons (Fsp3) is 0.452. The molecule has 1 N–H and O–H groups in total. The molecule has 39 heavy (non-hydrogen) atoms. The lowest BCUT2D eigenvalue weighted by Gasteiger charge is -2.27. The molecule has 1 heterocycles. The zero-order valence-electron chi connectivity index (χ0n) is 23.4. The van der Waals surface area contributed by atoms with Crippen LogP contribution in [-0.4, -0.2) is 73.0 Å². The summed E-state index contributed by atoms with van der Waals surface area (Å²) in [6.45, 7) is 7.53. The summed E-state index contributed by atoms with van der Waals surface area (Å²) in [6.07, 6.45) is 5.15. The number of amides is 1. The van der Waals surface area contributed by atoms with Gasteiger partial charge in [-0.15, -0.1) is 0 Å². The Kier molecular flexibility index (Phi) is 11.1. The van der Waals surface area contributed by atoms with E-state index in [-0.39, 0.29) is 11.3 Å². The fourth-order valence-corrected chi connectivity index (χ4v) is 4.84. The number of likely N-dealkylation sites (tertiary alicyclic amines) is 1. The first-order valence-electron chi connectivity index (χ1n) is 13.7. The van der Waals surface area contributed by atoms with Gasteiger partial charge in [-0.2, -0.15) is 0 Å². The Morgan fingerprint density at radius 3 is 1.97 bits per heavy atom. The quantitative estimate of drug-likeness (QED) is 0.154. The molecule has 1 aliphatic rings. The van der Waals surface area contributed by atoms with Crippen molar-refractivity contribution in [1.82, 2.24) is 9.80 Å². The Hall–Kier alpha value is -3.65. The van der Waals surface area contributed by atoms with E-state index in [1.165, 1.54) is 7.11 Å². The van der Waals surface area contributed by atoms with Gasteiger partial charge in [-0.3, -0.25) is 9.59 Å². The highest BCUT2D eigenvalue weighted by atomic mass is 16.5. The average molecular weight is 537 g/mol. The highest BCUT2D eigenvalue weighted by Gasteiger charge is 2.45. The van der Waals surface area contributed by atoms with Crippen molar-refractivity contribution in [2.75, 3.05) is 40.4 Å². The summed E-state index contributed by atoms with van der Waals surface area (Å²) in [5.74, 6) is -1.47. The molecular weight excluding hydrogens is 496 g/mol. The van der Waals surface area contributed by atoms with Crippen LogP contribution in [0.1, 0.15) is 73.5 Å². The minimum atomic E-state index is -0.779. The van der Waals surface area contributed by atoms with Crippen LogP contribution in [0, 0.1) is 0 Å². The van der Waals surface area contributed by atoms with Gasteiger partial charge in [0, 0.05) is 12.1 Å². The van der Waals surface area contributed by atoms with Crippen LogP contribution in [0.2, 0.25) is 0 Å². The zero-order valence-corrected chi connectivity index (χ0v) is 23.4.